The number of nitrogens with zero attached hydrogens (tertiary/aromatic N) is 3. The van der Waals surface area contributed by atoms with Crippen LogP contribution in [0.25, 0.3) is 21.3 Å². The first-order valence-corrected chi connectivity index (χ1v) is 9.46. The first kappa shape index (κ1) is 16.6. The Balaban J connectivity index is 1.44. The lowest BCUT2D eigenvalue weighted by Crippen LogP contribution is -2.05. The molecule has 130 valence electrons. The van der Waals surface area contributed by atoms with Gasteiger partial charge in [0.1, 0.15) is 9.88 Å². The quantitative estimate of drug-likeness (QED) is 0.469. The molecule has 6 nitrogen and oxygen atoms in total. The van der Waals surface area contributed by atoms with Gasteiger partial charge < -0.3 is 9.15 Å². The Bertz CT molecular complexity index is 1020. The van der Waals surface area contributed by atoms with Crippen molar-refractivity contribution in [2.75, 3.05) is 0 Å². The minimum atomic E-state index is -0.442. The number of esters is 1. The molecule has 0 fully saturated rings. The molecule has 26 heavy (non-hydrogen) atoms. The van der Waals surface area contributed by atoms with Crippen LogP contribution < -0.4 is 0 Å². The molecule has 0 bridgehead atoms. The van der Waals surface area contributed by atoms with E-state index in [9.17, 15) is 4.79 Å². The Morgan fingerprint density at radius 1 is 1.15 bits per heavy atom. The van der Waals surface area contributed by atoms with E-state index in [2.05, 4.69) is 15.2 Å². The van der Waals surface area contributed by atoms with Gasteiger partial charge in [0.2, 0.25) is 5.89 Å². The third-order valence-electron chi connectivity index (χ3n) is 3.53. The molecule has 4 aromatic rings. The van der Waals surface area contributed by atoms with Crippen molar-refractivity contribution < 1.29 is 13.9 Å². The Labute approximate surface area is 157 Å². The van der Waals surface area contributed by atoms with Gasteiger partial charge in [-0.2, -0.15) is 0 Å². The number of carbonyl (C=O) groups is 1. The lowest BCUT2D eigenvalue weighted by molar-refractivity contribution is 0.0443. The maximum Gasteiger partial charge on any atom is 0.350 e. The third kappa shape index (κ3) is 3.42. The second-order valence-corrected chi connectivity index (χ2v) is 7.30. The molecule has 0 N–H and O–H groups in total. The van der Waals surface area contributed by atoms with Crippen molar-refractivity contribution in [2.45, 2.75) is 13.5 Å². The first-order chi connectivity index (χ1) is 12.7. The van der Waals surface area contributed by atoms with E-state index in [4.69, 9.17) is 9.15 Å². The zero-order chi connectivity index (χ0) is 17.9. The van der Waals surface area contributed by atoms with Crippen LogP contribution in [0.1, 0.15) is 21.3 Å². The van der Waals surface area contributed by atoms with Gasteiger partial charge in [0, 0.05) is 5.56 Å². The fourth-order valence-corrected chi connectivity index (χ4v) is 4.05. The van der Waals surface area contributed by atoms with Crippen LogP contribution in [0, 0.1) is 6.92 Å². The van der Waals surface area contributed by atoms with Gasteiger partial charge in [0.15, 0.2) is 6.61 Å². The number of thiophene rings is 1. The summed E-state index contributed by atoms with van der Waals surface area (Å²) >= 11 is 2.90. The highest BCUT2D eigenvalue weighted by Crippen LogP contribution is 2.31. The predicted molar refractivity (Wildman–Crippen MR) is 99.0 cm³/mol. The molecule has 0 radical (unpaired) electrons. The van der Waals surface area contributed by atoms with Crippen molar-refractivity contribution in [1.82, 2.24) is 15.2 Å². The molecule has 0 aliphatic carbocycles. The number of hydrogen-bond acceptors (Lipinski definition) is 8. The summed E-state index contributed by atoms with van der Waals surface area (Å²) in [6.45, 7) is 1.72. The summed E-state index contributed by atoms with van der Waals surface area (Å²) < 4.78 is 10.9. The molecule has 3 heterocycles. The normalized spacial score (nSPS) is 10.8. The van der Waals surface area contributed by atoms with Crippen LogP contribution in [0.5, 0.6) is 0 Å². The van der Waals surface area contributed by atoms with Gasteiger partial charge in [-0.05, 0) is 30.5 Å². The summed E-state index contributed by atoms with van der Waals surface area (Å²) in [5.41, 5.74) is 1.47. The second-order valence-electron chi connectivity index (χ2n) is 5.35. The van der Waals surface area contributed by atoms with E-state index in [0.29, 0.717) is 16.5 Å². The zero-order valence-electron chi connectivity index (χ0n) is 13.7. The zero-order valence-corrected chi connectivity index (χ0v) is 15.3. The molecule has 4 rings (SSSR count). The van der Waals surface area contributed by atoms with Crippen molar-refractivity contribution in [3.8, 4) is 21.3 Å². The van der Waals surface area contributed by atoms with Crippen LogP contribution >= 0.6 is 22.7 Å². The number of rotatable bonds is 5. The van der Waals surface area contributed by atoms with Crippen LogP contribution in [-0.2, 0) is 11.3 Å². The standard InChI is InChI=1S/C18H13N3O3S2/c1-11-15(26-17(19-11)13-8-5-9-25-13)18(22)23-10-14-20-21-16(24-14)12-6-3-2-4-7-12/h2-9H,10H2,1H3. The van der Waals surface area contributed by atoms with Gasteiger partial charge >= 0.3 is 5.97 Å². The smallest absolute Gasteiger partial charge is 0.350 e. The first-order valence-electron chi connectivity index (χ1n) is 7.77. The summed E-state index contributed by atoms with van der Waals surface area (Å²) in [5.74, 6) is 0.200. The number of aromatic nitrogens is 3. The topological polar surface area (TPSA) is 78.1 Å². The number of carbonyl (C=O) groups excluding carboxylic acids is 1. The summed E-state index contributed by atoms with van der Waals surface area (Å²) in [6.07, 6.45) is 0. The van der Waals surface area contributed by atoms with E-state index >= 15 is 0 Å². The number of thiazole rings is 1. The van der Waals surface area contributed by atoms with Crippen molar-refractivity contribution in [2.24, 2.45) is 0 Å². The maximum atomic E-state index is 12.4. The highest BCUT2D eigenvalue weighted by molar-refractivity contribution is 7.22. The van der Waals surface area contributed by atoms with Crippen LogP contribution in [0.15, 0.2) is 52.3 Å². The average Bonchev–Trinajstić information content (AvgIpc) is 3.41. The maximum absolute atomic E-state index is 12.4. The number of aryl methyl sites for hydroxylation is 1. The van der Waals surface area contributed by atoms with Crippen LogP contribution in [0.2, 0.25) is 0 Å². The second kappa shape index (κ2) is 7.19. The van der Waals surface area contributed by atoms with Gasteiger partial charge in [0.05, 0.1) is 10.6 Å². The van der Waals surface area contributed by atoms with Crippen LogP contribution in [0.4, 0.5) is 0 Å². The average molecular weight is 383 g/mol. The molecule has 0 aliphatic heterocycles. The van der Waals surface area contributed by atoms with E-state index in [-0.39, 0.29) is 12.5 Å². The van der Waals surface area contributed by atoms with Gasteiger partial charge in [-0.3, -0.25) is 0 Å². The minimum absolute atomic E-state index is 0.0790. The molecule has 0 unspecified atom stereocenters. The lowest BCUT2D eigenvalue weighted by atomic mass is 10.2. The molecule has 0 aliphatic rings. The van der Waals surface area contributed by atoms with Crippen LogP contribution in [0.3, 0.4) is 0 Å². The molecule has 0 spiro atoms. The Kier molecular flexibility index (Phi) is 4.59. The van der Waals surface area contributed by atoms with Gasteiger partial charge in [0.25, 0.3) is 5.89 Å². The van der Waals surface area contributed by atoms with E-state index in [0.717, 1.165) is 15.4 Å². The number of benzene rings is 1. The molecule has 3 aromatic heterocycles. The van der Waals surface area contributed by atoms with Crippen molar-refractivity contribution in [1.29, 1.82) is 0 Å². The van der Waals surface area contributed by atoms with Gasteiger partial charge in [-0.15, -0.1) is 32.9 Å². The molecular weight excluding hydrogens is 370 g/mol. The summed E-state index contributed by atoms with van der Waals surface area (Å²) in [7, 11) is 0. The molecule has 8 heteroatoms. The highest BCUT2D eigenvalue weighted by Gasteiger charge is 2.19. The number of hydrogen-bond donors (Lipinski definition) is 0. The molecule has 1 aromatic carbocycles. The summed E-state index contributed by atoms with van der Waals surface area (Å²) in [6, 6.07) is 13.3. The van der Waals surface area contributed by atoms with Gasteiger partial charge in [-0.1, -0.05) is 24.3 Å². The summed E-state index contributed by atoms with van der Waals surface area (Å²) in [5, 5.41) is 10.7. The van der Waals surface area contributed by atoms with Crippen LogP contribution in [-0.4, -0.2) is 21.2 Å². The third-order valence-corrected chi connectivity index (χ3v) is 5.70. The van der Waals surface area contributed by atoms with Gasteiger partial charge in [-0.25, -0.2) is 9.78 Å². The largest absolute Gasteiger partial charge is 0.451 e. The van der Waals surface area contributed by atoms with E-state index < -0.39 is 5.97 Å². The molecule has 0 amide bonds. The Hall–Kier alpha value is -2.84. The highest BCUT2D eigenvalue weighted by atomic mass is 32.1. The van der Waals surface area contributed by atoms with Crippen molar-refractivity contribution >= 4 is 28.6 Å². The Morgan fingerprint density at radius 3 is 2.77 bits per heavy atom. The SMILES string of the molecule is Cc1nc(-c2cccs2)sc1C(=O)OCc1nnc(-c2ccccc2)o1. The molecule has 0 saturated carbocycles. The predicted octanol–water partition coefficient (Wildman–Crippen LogP) is 4.59. The monoisotopic (exact) mass is 383 g/mol. The van der Waals surface area contributed by atoms with Crippen molar-refractivity contribution in [3.63, 3.8) is 0 Å². The fourth-order valence-electron chi connectivity index (χ4n) is 2.29. The summed E-state index contributed by atoms with van der Waals surface area (Å²) in [4.78, 5) is 18.3. The molecule has 0 saturated heterocycles. The van der Waals surface area contributed by atoms with Crippen molar-refractivity contribution in [3.05, 3.63) is 64.3 Å². The Morgan fingerprint density at radius 2 is 2.00 bits per heavy atom. The minimum Gasteiger partial charge on any atom is -0.451 e. The van der Waals surface area contributed by atoms with E-state index in [1.54, 1.807) is 18.3 Å². The van der Waals surface area contributed by atoms with E-state index in [1.165, 1.54) is 11.3 Å². The molecular formula is C18H13N3O3S2. The fraction of sp³-hybridized carbons (Fsp3) is 0.111. The molecule has 0 atom stereocenters. The lowest BCUT2D eigenvalue weighted by Gasteiger charge is -1.99. The number of ether oxygens (including phenoxy) is 1. The van der Waals surface area contributed by atoms with E-state index in [1.807, 2.05) is 47.8 Å².